The third kappa shape index (κ3) is 26.7. The molecule has 0 spiro atoms. The maximum atomic E-state index is 5.27. The van der Waals surface area contributed by atoms with Gasteiger partial charge in [0, 0.05) is 0 Å². The van der Waals surface area contributed by atoms with Crippen molar-refractivity contribution in [2.75, 3.05) is 52.9 Å². The summed E-state index contributed by atoms with van der Waals surface area (Å²) in [5, 5.41) is 0. The van der Waals surface area contributed by atoms with Crippen LogP contribution in [0, 0.1) is 0 Å². The van der Waals surface area contributed by atoms with Crippen LogP contribution in [-0.4, -0.2) is 52.9 Å². The lowest BCUT2D eigenvalue weighted by molar-refractivity contribution is 0.000518. The minimum atomic E-state index is 0.524. The molecule has 22 heavy (non-hydrogen) atoms. The smallest absolute Gasteiger partial charge is 0.111 e. The van der Waals surface area contributed by atoms with Crippen LogP contribution in [-0.2, 0) is 28.4 Å². The summed E-state index contributed by atoms with van der Waals surface area (Å²) in [7, 11) is 0. The van der Waals surface area contributed by atoms with Crippen LogP contribution >= 0.6 is 0 Å². The SMILES string of the molecule is C=COC=C.C=COCCOCCOCCOCCOC=C. The number of hydrogen-bond donors (Lipinski definition) is 0. The van der Waals surface area contributed by atoms with Crippen molar-refractivity contribution < 1.29 is 28.4 Å². The lowest BCUT2D eigenvalue weighted by Gasteiger charge is -2.06. The highest BCUT2D eigenvalue weighted by Crippen LogP contribution is 1.83. The molecule has 0 aromatic carbocycles. The Kier molecular flexibility index (Phi) is 24.8. The summed E-state index contributed by atoms with van der Waals surface area (Å²) < 4.78 is 29.9. The van der Waals surface area contributed by atoms with E-state index in [0.29, 0.717) is 52.9 Å². The molecule has 0 atom stereocenters. The average molecular weight is 316 g/mol. The molecule has 6 heteroatoms. The van der Waals surface area contributed by atoms with Crippen molar-refractivity contribution in [3.05, 3.63) is 51.4 Å². The molecule has 0 unspecified atom stereocenters. The van der Waals surface area contributed by atoms with Gasteiger partial charge in [0.2, 0.25) is 0 Å². The maximum absolute atomic E-state index is 5.27. The molecule has 6 nitrogen and oxygen atoms in total. The molecule has 0 radical (unpaired) electrons. The second kappa shape index (κ2) is 24.3. The highest BCUT2D eigenvalue weighted by Gasteiger charge is 1.91. The Morgan fingerprint density at radius 2 is 0.773 bits per heavy atom. The van der Waals surface area contributed by atoms with Crippen LogP contribution in [0.5, 0.6) is 0 Å². The van der Waals surface area contributed by atoms with Crippen LogP contribution in [0.2, 0.25) is 0 Å². The molecule has 0 fully saturated rings. The summed E-state index contributed by atoms with van der Waals surface area (Å²) in [5.41, 5.74) is 0. The van der Waals surface area contributed by atoms with Crippen molar-refractivity contribution in [1.29, 1.82) is 0 Å². The van der Waals surface area contributed by atoms with Gasteiger partial charge in [0.1, 0.15) is 13.2 Å². The Hall–Kier alpha value is -1.76. The van der Waals surface area contributed by atoms with Gasteiger partial charge < -0.3 is 28.4 Å². The first-order valence-corrected chi connectivity index (χ1v) is 6.89. The predicted molar refractivity (Wildman–Crippen MR) is 86.2 cm³/mol. The van der Waals surface area contributed by atoms with E-state index in [-0.39, 0.29) is 0 Å². The Balaban J connectivity index is 0. The molecular formula is C16H28O6. The van der Waals surface area contributed by atoms with E-state index < -0.39 is 0 Å². The molecule has 0 bridgehead atoms. The van der Waals surface area contributed by atoms with E-state index in [0.717, 1.165) is 0 Å². The van der Waals surface area contributed by atoms with E-state index in [1.807, 2.05) is 0 Å². The van der Waals surface area contributed by atoms with E-state index in [1.54, 1.807) is 0 Å². The lowest BCUT2D eigenvalue weighted by atomic mass is 10.7. The van der Waals surface area contributed by atoms with Gasteiger partial charge in [-0.25, -0.2) is 0 Å². The summed E-state index contributed by atoms with van der Waals surface area (Å²) in [6.07, 6.45) is 5.42. The summed E-state index contributed by atoms with van der Waals surface area (Å²) in [5.74, 6) is 0. The Bertz CT molecular complexity index is 231. The number of rotatable bonds is 16. The number of ether oxygens (including phenoxy) is 6. The quantitative estimate of drug-likeness (QED) is 0.322. The molecule has 0 saturated heterocycles. The van der Waals surface area contributed by atoms with E-state index >= 15 is 0 Å². The van der Waals surface area contributed by atoms with Gasteiger partial charge in [-0.3, -0.25) is 0 Å². The van der Waals surface area contributed by atoms with Gasteiger partial charge in [-0.15, -0.1) is 0 Å². The van der Waals surface area contributed by atoms with E-state index in [1.165, 1.54) is 25.0 Å². The minimum Gasteiger partial charge on any atom is -0.499 e. The molecule has 0 rings (SSSR count). The monoisotopic (exact) mass is 316 g/mol. The van der Waals surface area contributed by atoms with Gasteiger partial charge in [0.25, 0.3) is 0 Å². The van der Waals surface area contributed by atoms with E-state index in [2.05, 4.69) is 31.1 Å². The highest BCUT2D eigenvalue weighted by atomic mass is 16.6. The third-order valence-corrected chi connectivity index (χ3v) is 1.86. The van der Waals surface area contributed by atoms with Gasteiger partial charge in [0.05, 0.1) is 64.7 Å². The normalized spacial score (nSPS) is 8.91. The molecule has 0 aromatic rings. The Morgan fingerprint density at radius 1 is 0.455 bits per heavy atom. The zero-order valence-corrected chi connectivity index (χ0v) is 13.2. The van der Waals surface area contributed by atoms with Gasteiger partial charge >= 0.3 is 0 Å². The highest BCUT2D eigenvalue weighted by molar-refractivity contribution is 4.57. The zero-order chi connectivity index (χ0) is 16.7. The predicted octanol–water partition coefficient (Wildman–Crippen LogP) is 2.65. The molecular weight excluding hydrogens is 288 g/mol. The van der Waals surface area contributed by atoms with Crippen molar-refractivity contribution in [1.82, 2.24) is 0 Å². The van der Waals surface area contributed by atoms with Crippen LogP contribution in [0.1, 0.15) is 0 Å². The second-order valence-corrected chi connectivity index (χ2v) is 3.38. The summed E-state index contributed by atoms with van der Waals surface area (Å²) >= 11 is 0. The lowest BCUT2D eigenvalue weighted by Crippen LogP contribution is -2.12. The van der Waals surface area contributed by atoms with Gasteiger partial charge in [0.15, 0.2) is 0 Å². The molecule has 0 N–H and O–H groups in total. The van der Waals surface area contributed by atoms with E-state index in [4.69, 9.17) is 23.7 Å². The van der Waals surface area contributed by atoms with Gasteiger partial charge in [-0.2, -0.15) is 0 Å². The first-order valence-electron chi connectivity index (χ1n) is 6.89. The Labute approximate surface area is 133 Å². The molecule has 0 aromatic heterocycles. The average Bonchev–Trinajstić information content (AvgIpc) is 2.53. The molecule has 0 aliphatic rings. The van der Waals surface area contributed by atoms with Gasteiger partial charge in [-0.1, -0.05) is 26.3 Å². The fraction of sp³-hybridized carbons (Fsp3) is 0.500. The first-order chi connectivity index (χ1) is 10.8. The molecule has 0 amide bonds. The maximum Gasteiger partial charge on any atom is 0.111 e. The van der Waals surface area contributed by atoms with E-state index in [9.17, 15) is 0 Å². The first kappa shape index (κ1) is 22.5. The minimum absolute atomic E-state index is 0.524. The fourth-order valence-electron chi connectivity index (χ4n) is 0.991. The van der Waals surface area contributed by atoms with Crippen LogP contribution in [0.4, 0.5) is 0 Å². The largest absolute Gasteiger partial charge is 0.499 e. The summed E-state index contributed by atoms with van der Waals surface area (Å²) in [4.78, 5) is 0. The van der Waals surface area contributed by atoms with Crippen molar-refractivity contribution in [3.8, 4) is 0 Å². The van der Waals surface area contributed by atoms with Crippen molar-refractivity contribution in [3.63, 3.8) is 0 Å². The van der Waals surface area contributed by atoms with Crippen LogP contribution in [0.3, 0.4) is 0 Å². The third-order valence-electron chi connectivity index (χ3n) is 1.86. The Morgan fingerprint density at radius 3 is 1.00 bits per heavy atom. The second-order valence-electron chi connectivity index (χ2n) is 3.38. The summed E-state index contributed by atoms with van der Waals surface area (Å²) in [6.45, 7) is 17.7. The van der Waals surface area contributed by atoms with Crippen molar-refractivity contribution in [2.45, 2.75) is 0 Å². The fourth-order valence-corrected chi connectivity index (χ4v) is 0.991. The molecule has 0 saturated carbocycles. The topological polar surface area (TPSA) is 55.4 Å². The zero-order valence-electron chi connectivity index (χ0n) is 13.2. The molecule has 0 aliphatic heterocycles. The number of hydrogen-bond acceptors (Lipinski definition) is 6. The van der Waals surface area contributed by atoms with Crippen molar-refractivity contribution in [2.24, 2.45) is 0 Å². The van der Waals surface area contributed by atoms with Gasteiger partial charge in [-0.05, 0) is 0 Å². The standard InChI is InChI=1S/C12H22O5.C4H6O/c1-3-13-5-7-15-9-11-17-12-10-16-8-6-14-4-2;1-3-5-4-2/h3-4H,1-2,5-12H2;3-4H,1-2H2. The van der Waals surface area contributed by atoms with Crippen LogP contribution in [0.25, 0.3) is 0 Å². The van der Waals surface area contributed by atoms with Crippen LogP contribution in [0.15, 0.2) is 51.4 Å². The molecule has 0 aliphatic carbocycles. The molecule has 128 valence electrons. The van der Waals surface area contributed by atoms with Crippen LogP contribution < -0.4 is 0 Å². The van der Waals surface area contributed by atoms with Crippen molar-refractivity contribution >= 4 is 0 Å². The summed E-state index contributed by atoms with van der Waals surface area (Å²) in [6, 6.07) is 0. The molecule has 0 heterocycles.